The second-order valence-corrected chi connectivity index (χ2v) is 7.10. The maximum Gasteiger partial charge on any atom is 0.321 e. The van der Waals surface area contributed by atoms with E-state index in [1.165, 1.54) is 17.0 Å². The Balaban J connectivity index is 0.00000196. The van der Waals surface area contributed by atoms with Gasteiger partial charge in [-0.2, -0.15) is 0 Å². The van der Waals surface area contributed by atoms with Gasteiger partial charge in [0.25, 0.3) is 5.91 Å². The number of benzene rings is 1. The summed E-state index contributed by atoms with van der Waals surface area (Å²) in [4.78, 5) is 28.0. The highest BCUT2D eigenvalue weighted by molar-refractivity contribution is 5.98. The topological polar surface area (TPSA) is 64.7 Å². The normalized spacial score (nSPS) is 25.3. The third-order valence-corrected chi connectivity index (χ3v) is 5.66. The van der Waals surface area contributed by atoms with Gasteiger partial charge in [0.15, 0.2) is 0 Å². The summed E-state index contributed by atoms with van der Waals surface area (Å²) in [5, 5.41) is 6.13. The lowest BCUT2D eigenvalue weighted by Gasteiger charge is -2.22. The zero-order valence-corrected chi connectivity index (χ0v) is 15.4. The van der Waals surface area contributed by atoms with Crippen LogP contribution in [0.2, 0.25) is 0 Å². The molecule has 2 N–H and O–H groups in total. The molecule has 1 aromatic rings. The second kappa shape index (κ2) is 7.80. The largest absolute Gasteiger partial charge is 0.339 e. The number of carbonyl (C=O) groups is 2. The van der Waals surface area contributed by atoms with Gasteiger partial charge >= 0.3 is 6.03 Å². The van der Waals surface area contributed by atoms with Crippen LogP contribution in [0.5, 0.6) is 0 Å². The van der Waals surface area contributed by atoms with E-state index in [-0.39, 0.29) is 29.9 Å². The first-order valence-corrected chi connectivity index (χ1v) is 8.98. The number of hydrogen-bond acceptors (Lipinski definition) is 3. The second-order valence-electron chi connectivity index (χ2n) is 7.10. The summed E-state index contributed by atoms with van der Waals surface area (Å²) in [5.74, 6) is 0.427. The van der Waals surface area contributed by atoms with Crippen molar-refractivity contribution in [2.75, 3.05) is 44.2 Å². The number of amides is 3. The van der Waals surface area contributed by atoms with Gasteiger partial charge < -0.3 is 15.5 Å². The number of hydrogen-bond donors (Lipinski definition) is 2. The van der Waals surface area contributed by atoms with Crippen LogP contribution in [-0.2, 0) is 0 Å². The number of nitrogens with one attached hydrogen (secondary N) is 2. The standard InChI is InChI=1S/C18H23FN4O2.ClH/c19-16-2-1-14(23-8-5-21-18(23)25)9-15(16)17(24)22-6-3-12-10-20-11-13(12)4-7-22;/h1-2,9,12-13,20H,3-8,10-11H2,(H,21,25);1H/t12-,13+;. The first kappa shape index (κ1) is 18.9. The number of nitrogens with zero attached hydrogens (tertiary/aromatic N) is 2. The number of carbonyl (C=O) groups excluding carboxylic acids is 2. The molecule has 3 aliphatic rings. The molecule has 4 rings (SSSR count). The van der Waals surface area contributed by atoms with Gasteiger partial charge in [-0.3, -0.25) is 9.69 Å². The third-order valence-electron chi connectivity index (χ3n) is 5.66. The molecule has 0 bridgehead atoms. The molecule has 3 amide bonds. The molecule has 0 aliphatic carbocycles. The number of rotatable bonds is 2. The highest BCUT2D eigenvalue weighted by Crippen LogP contribution is 2.28. The predicted molar refractivity (Wildman–Crippen MR) is 99.4 cm³/mol. The van der Waals surface area contributed by atoms with Gasteiger partial charge in [-0.25, -0.2) is 9.18 Å². The van der Waals surface area contributed by atoms with E-state index < -0.39 is 5.82 Å². The Labute approximate surface area is 158 Å². The average molecular weight is 383 g/mol. The van der Waals surface area contributed by atoms with Gasteiger partial charge in [0, 0.05) is 31.9 Å². The number of likely N-dealkylation sites (tertiary alicyclic amines) is 1. The molecule has 6 nitrogen and oxygen atoms in total. The van der Waals surface area contributed by atoms with Crippen LogP contribution in [0.25, 0.3) is 0 Å². The highest BCUT2D eigenvalue weighted by atomic mass is 35.5. The lowest BCUT2D eigenvalue weighted by atomic mass is 9.92. The van der Waals surface area contributed by atoms with Crippen molar-refractivity contribution >= 4 is 30.0 Å². The van der Waals surface area contributed by atoms with E-state index in [0.29, 0.717) is 43.7 Å². The van der Waals surface area contributed by atoms with Crippen LogP contribution >= 0.6 is 12.4 Å². The molecular formula is C18H24ClFN4O2. The van der Waals surface area contributed by atoms with Crippen molar-refractivity contribution in [1.29, 1.82) is 0 Å². The molecule has 0 unspecified atom stereocenters. The van der Waals surface area contributed by atoms with Crippen LogP contribution in [0.15, 0.2) is 18.2 Å². The summed E-state index contributed by atoms with van der Waals surface area (Å²) in [5.41, 5.74) is 0.623. The van der Waals surface area contributed by atoms with Crippen molar-refractivity contribution in [3.8, 4) is 0 Å². The van der Waals surface area contributed by atoms with Gasteiger partial charge in [0.2, 0.25) is 0 Å². The molecule has 142 valence electrons. The summed E-state index contributed by atoms with van der Waals surface area (Å²) >= 11 is 0. The zero-order valence-electron chi connectivity index (χ0n) is 14.5. The Morgan fingerprint density at radius 1 is 1.12 bits per heavy atom. The van der Waals surface area contributed by atoms with Gasteiger partial charge in [0.1, 0.15) is 5.82 Å². The summed E-state index contributed by atoms with van der Waals surface area (Å²) in [6.07, 6.45) is 1.92. The Hall–Kier alpha value is -1.86. The van der Waals surface area contributed by atoms with E-state index >= 15 is 0 Å². The summed E-state index contributed by atoms with van der Waals surface area (Å²) in [7, 11) is 0. The van der Waals surface area contributed by atoms with E-state index in [0.717, 1.165) is 25.9 Å². The number of anilines is 1. The minimum Gasteiger partial charge on any atom is -0.339 e. The Morgan fingerprint density at radius 2 is 1.81 bits per heavy atom. The fourth-order valence-electron chi connectivity index (χ4n) is 4.15. The Morgan fingerprint density at radius 3 is 2.42 bits per heavy atom. The monoisotopic (exact) mass is 382 g/mol. The molecule has 26 heavy (non-hydrogen) atoms. The summed E-state index contributed by atoms with van der Waals surface area (Å²) < 4.78 is 14.3. The molecule has 0 aromatic heterocycles. The first-order valence-electron chi connectivity index (χ1n) is 8.98. The minimum atomic E-state index is -0.528. The minimum absolute atomic E-state index is 0. The van der Waals surface area contributed by atoms with Crippen molar-refractivity contribution in [3.63, 3.8) is 0 Å². The van der Waals surface area contributed by atoms with Crippen LogP contribution in [0.1, 0.15) is 23.2 Å². The molecule has 0 spiro atoms. The van der Waals surface area contributed by atoms with Crippen LogP contribution < -0.4 is 15.5 Å². The van der Waals surface area contributed by atoms with E-state index in [4.69, 9.17) is 0 Å². The fraction of sp³-hybridized carbons (Fsp3) is 0.556. The lowest BCUT2D eigenvalue weighted by Crippen LogP contribution is -2.34. The van der Waals surface area contributed by atoms with Crippen molar-refractivity contribution < 1.29 is 14.0 Å². The molecule has 1 aromatic carbocycles. The van der Waals surface area contributed by atoms with E-state index in [1.807, 2.05) is 0 Å². The fourth-order valence-corrected chi connectivity index (χ4v) is 4.15. The molecular weight excluding hydrogens is 359 g/mol. The summed E-state index contributed by atoms with van der Waals surface area (Å²) in [6, 6.07) is 4.14. The predicted octanol–water partition coefficient (Wildman–Crippen LogP) is 1.85. The molecule has 3 heterocycles. The molecule has 3 aliphatic heterocycles. The first-order chi connectivity index (χ1) is 12.1. The zero-order chi connectivity index (χ0) is 17.4. The summed E-state index contributed by atoms with van der Waals surface area (Å²) in [6.45, 7) is 4.44. The van der Waals surface area contributed by atoms with Crippen molar-refractivity contribution in [3.05, 3.63) is 29.6 Å². The highest BCUT2D eigenvalue weighted by Gasteiger charge is 2.32. The average Bonchev–Trinajstić information content (AvgIpc) is 3.19. The molecule has 8 heteroatoms. The van der Waals surface area contributed by atoms with Crippen molar-refractivity contribution in [1.82, 2.24) is 15.5 Å². The van der Waals surface area contributed by atoms with Crippen LogP contribution in [0, 0.1) is 17.7 Å². The van der Waals surface area contributed by atoms with Gasteiger partial charge in [0.05, 0.1) is 5.56 Å². The van der Waals surface area contributed by atoms with Crippen molar-refractivity contribution in [2.45, 2.75) is 12.8 Å². The number of fused-ring (bicyclic) bond motifs is 1. The van der Waals surface area contributed by atoms with Crippen LogP contribution in [-0.4, -0.2) is 56.1 Å². The molecule has 2 atom stereocenters. The van der Waals surface area contributed by atoms with Gasteiger partial charge in [-0.05, 0) is 56.0 Å². The van der Waals surface area contributed by atoms with E-state index in [2.05, 4.69) is 10.6 Å². The maximum atomic E-state index is 14.3. The van der Waals surface area contributed by atoms with Gasteiger partial charge in [-0.15, -0.1) is 12.4 Å². The number of urea groups is 1. The van der Waals surface area contributed by atoms with Crippen molar-refractivity contribution in [2.24, 2.45) is 11.8 Å². The molecule has 3 fully saturated rings. The lowest BCUT2D eigenvalue weighted by molar-refractivity contribution is 0.0754. The molecule has 3 saturated heterocycles. The maximum absolute atomic E-state index is 14.3. The third kappa shape index (κ3) is 3.50. The van der Waals surface area contributed by atoms with Crippen LogP contribution in [0.4, 0.5) is 14.9 Å². The Kier molecular flexibility index (Phi) is 5.67. The van der Waals surface area contributed by atoms with E-state index in [1.54, 1.807) is 11.0 Å². The van der Waals surface area contributed by atoms with E-state index in [9.17, 15) is 14.0 Å². The molecule has 0 saturated carbocycles. The van der Waals surface area contributed by atoms with Gasteiger partial charge in [-0.1, -0.05) is 0 Å². The molecule has 0 radical (unpaired) electrons. The Bertz CT molecular complexity index is 688. The smallest absolute Gasteiger partial charge is 0.321 e. The number of halogens is 2. The van der Waals surface area contributed by atoms with Crippen LogP contribution in [0.3, 0.4) is 0 Å². The SMILES string of the molecule is Cl.O=C(c1cc(N2CCNC2=O)ccc1F)N1CC[C@@H]2CNC[C@@H]2CC1. The quantitative estimate of drug-likeness (QED) is 0.820.